The number of rotatable bonds is 6. The highest BCUT2D eigenvalue weighted by Gasteiger charge is 2.24. The first-order chi connectivity index (χ1) is 15.5. The second kappa shape index (κ2) is 10.5. The van der Waals surface area contributed by atoms with Gasteiger partial charge in [-0.05, 0) is 81.6 Å². The van der Waals surface area contributed by atoms with Gasteiger partial charge in [-0.15, -0.1) is 0 Å². The summed E-state index contributed by atoms with van der Waals surface area (Å²) in [7, 11) is 4.15. The lowest BCUT2D eigenvalue weighted by Crippen LogP contribution is -2.42. The molecule has 6 nitrogen and oxygen atoms in total. The van der Waals surface area contributed by atoms with Crippen LogP contribution in [0.25, 0.3) is 0 Å². The smallest absolute Gasteiger partial charge is 0.225 e. The third-order valence-electron chi connectivity index (χ3n) is 6.63. The molecular formula is C25H36N6S. The van der Waals surface area contributed by atoms with Crippen LogP contribution in [0, 0.1) is 0 Å². The van der Waals surface area contributed by atoms with Crippen LogP contribution in [-0.2, 0) is 19.3 Å². The maximum atomic E-state index is 5.59. The van der Waals surface area contributed by atoms with Crippen LogP contribution in [0.2, 0.25) is 0 Å². The van der Waals surface area contributed by atoms with Gasteiger partial charge in [0, 0.05) is 37.4 Å². The molecule has 172 valence electrons. The first-order valence-corrected chi connectivity index (χ1v) is 12.4. The van der Waals surface area contributed by atoms with Gasteiger partial charge in [-0.25, -0.2) is 4.98 Å². The van der Waals surface area contributed by atoms with Crippen LogP contribution in [0.5, 0.6) is 0 Å². The largest absolute Gasteiger partial charge is 0.362 e. The van der Waals surface area contributed by atoms with Gasteiger partial charge in [-0.2, -0.15) is 4.98 Å². The van der Waals surface area contributed by atoms with Gasteiger partial charge >= 0.3 is 0 Å². The summed E-state index contributed by atoms with van der Waals surface area (Å²) < 4.78 is 0. The maximum absolute atomic E-state index is 5.59. The predicted molar refractivity (Wildman–Crippen MR) is 138 cm³/mol. The van der Waals surface area contributed by atoms with Gasteiger partial charge in [0.2, 0.25) is 5.95 Å². The molecule has 2 aliphatic rings. The van der Waals surface area contributed by atoms with Gasteiger partial charge in [0.1, 0.15) is 5.82 Å². The Bertz CT molecular complexity index is 936. The molecule has 1 heterocycles. The minimum atomic E-state index is 0.406. The number of para-hydroxylation sites is 1. The van der Waals surface area contributed by atoms with Crippen LogP contribution in [-0.4, -0.2) is 41.3 Å². The molecule has 0 bridgehead atoms. The van der Waals surface area contributed by atoms with Crippen molar-refractivity contribution in [3.05, 3.63) is 41.1 Å². The van der Waals surface area contributed by atoms with Crippen LogP contribution in [0.3, 0.4) is 0 Å². The van der Waals surface area contributed by atoms with E-state index >= 15 is 0 Å². The molecule has 0 aliphatic heterocycles. The molecule has 7 heteroatoms. The molecule has 4 rings (SSSR count). The fourth-order valence-corrected chi connectivity index (χ4v) is 5.14. The zero-order valence-corrected chi connectivity index (χ0v) is 20.4. The highest BCUT2D eigenvalue weighted by molar-refractivity contribution is 7.80. The molecule has 0 saturated heterocycles. The summed E-state index contributed by atoms with van der Waals surface area (Å²) in [4.78, 5) is 11.9. The van der Waals surface area contributed by atoms with Crippen molar-refractivity contribution in [2.45, 2.75) is 76.8 Å². The summed E-state index contributed by atoms with van der Waals surface area (Å²) in [6.45, 7) is 2.17. The third kappa shape index (κ3) is 5.49. The van der Waals surface area contributed by atoms with Gasteiger partial charge in [0.25, 0.3) is 0 Å². The topological polar surface area (TPSA) is 65.1 Å². The highest BCUT2D eigenvalue weighted by atomic mass is 32.1. The molecule has 3 N–H and O–H groups in total. The van der Waals surface area contributed by atoms with Gasteiger partial charge in [-0.1, -0.05) is 25.1 Å². The van der Waals surface area contributed by atoms with Crippen molar-refractivity contribution < 1.29 is 0 Å². The summed E-state index contributed by atoms with van der Waals surface area (Å²) in [5.74, 6) is 1.87. The normalized spacial score (nSPS) is 20.2. The van der Waals surface area contributed by atoms with Gasteiger partial charge in [-0.3, -0.25) is 0 Å². The molecule has 1 aromatic carbocycles. The number of nitrogens with one attached hydrogen (secondary N) is 3. The molecule has 1 saturated carbocycles. The van der Waals surface area contributed by atoms with Crippen LogP contribution in [0.15, 0.2) is 24.3 Å². The monoisotopic (exact) mass is 452 g/mol. The van der Waals surface area contributed by atoms with Crippen molar-refractivity contribution in [1.29, 1.82) is 0 Å². The predicted octanol–water partition coefficient (Wildman–Crippen LogP) is 4.69. The third-order valence-corrected chi connectivity index (χ3v) is 6.85. The van der Waals surface area contributed by atoms with E-state index in [0.717, 1.165) is 67.5 Å². The molecule has 32 heavy (non-hydrogen) atoms. The fourth-order valence-electron chi connectivity index (χ4n) is 4.87. The summed E-state index contributed by atoms with van der Waals surface area (Å²) in [5, 5.41) is 11.3. The van der Waals surface area contributed by atoms with Crippen molar-refractivity contribution in [3.63, 3.8) is 0 Å². The molecule has 0 unspecified atom stereocenters. The van der Waals surface area contributed by atoms with Gasteiger partial charge in [0.15, 0.2) is 5.11 Å². The molecule has 0 spiro atoms. The first-order valence-electron chi connectivity index (χ1n) is 12.0. The zero-order chi connectivity index (χ0) is 22.5. The average molecular weight is 453 g/mol. The van der Waals surface area contributed by atoms with E-state index in [1.807, 2.05) is 6.07 Å². The number of aryl methyl sites for hydroxylation is 2. The minimum Gasteiger partial charge on any atom is -0.362 e. The molecular weight excluding hydrogens is 416 g/mol. The van der Waals surface area contributed by atoms with E-state index in [9.17, 15) is 0 Å². The first kappa shape index (κ1) is 22.8. The van der Waals surface area contributed by atoms with Crippen LogP contribution in [0.1, 0.15) is 62.3 Å². The summed E-state index contributed by atoms with van der Waals surface area (Å²) in [5.41, 5.74) is 4.96. The summed E-state index contributed by atoms with van der Waals surface area (Å²) >= 11 is 5.59. The molecule has 0 atom stereocenters. The van der Waals surface area contributed by atoms with Crippen LogP contribution >= 0.6 is 12.2 Å². The SMILES string of the molecule is CCc1ccccc1NC(=S)NC1CCC(Nc2nc3c(c(N(C)C)n2)CCCC3)CC1. The van der Waals surface area contributed by atoms with E-state index in [0.29, 0.717) is 12.1 Å². The Kier molecular flexibility index (Phi) is 7.45. The van der Waals surface area contributed by atoms with E-state index in [2.05, 4.69) is 60.1 Å². The molecule has 1 aromatic heterocycles. The zero-order valence-electron chi connectivity index (χ0n) is 19.6. The van der Waals surface area contributed by atoms with Gasteiger partial charge < -0.3 is 20.9 Å². The molecule has 2 aromatic rings. The Morgan fingerprint density at radius 2 is 1.75 bits per heavy atom. The summed E-state index contributed by atoms with van der Waals surface area (Å²) in [6.07, 6.45) is 9.95. The quantitative estimate of drug-likeness (QED) is 0.549. The number of hydrogen-bond donors (Lipinski definition) is 3. The Morgan fingerprint density at radius 3 is 2.50 bits per heavy atom. The number of nitrogens with zero attached hydrogens (tertiary/aromatic N) is 3. The fraction of sp³-hybridized carbons (Fsp3) is 0.560. The van der Waals surface area contributed by atoms with E-state index in [4.69, 9.17) is 22.2 Å². The molecule has 0 amide bonds. The maximum Gasteiger partial charge on any atom is 0.225 e. The molecule has 0 radical (unpaired) electrons. The van der Waals surface area contributed by atoms with Crippen molar-refractivity contribution in [3.8, 4) is 0 Å². The van der Waals surface area contributed by atoms with Gasteiger partial charge in [0.05, 0.1) is 5.69 Å². The standard InChI is InChI=1S/C25H36N6S/c1-4-17-9-5-7-11-21(17)29-25(32)27-19-15-13-18(14-16-19)26-24-28-22-12-8-6-10-20(22)23(30-24)31(2)3/h5,7,9,11,18-19H,4,6,8,10,12-16H2,1-3H3,(H,26,28,30)(H2,27,29,32). The number of thiocarbonyl (C=S) groups is 1. The molecule has 1 fully saturated rings. The average Bonchev–Trinajstić information content (AvgIpc) is 2.80. The highest BCUT2D eigenvalue weighted by Crippen LogP contribution is 2.29. The number of hydrogen-bond acceptors (Lipinski definition) is 5. The lowest BCUT2D eigenvalue weighted by molar-refractivity contribution is 0.387. The van der Waals surface area contributed by atoms with Crippen molar-refractivity contribution >= 4 is 34.8 Å². The Balaban J connectivity index is 1.30. The summed E-state index contributed by atoms with van der Waals surface area (Å²) in [6, 6.07) is 9.17. The van der Waals surface area contributed by atoms with Crippen molar-refractivity contribution in [1.82, 2.24) is 15.3 Å². The number of fused-ring (bicyclic) bond motifs is 1. The Labute approximate surface area is 197 Å². The van der Waals surface area contributed by atoms with Crippen molar-refractivity contribution in [2.24, 2.45) is 0 Å². The van der Waals surface area contributed by atoms with Crippen LogP contribution < -0.4 is 20.9 Å². The Morgan fingerprint density at radius 1 is 1.03 bits per heavy atom. The van der Waals surface area contributed by atoms with E-state index in [1.165, 1.54) is 29.7 Å². The lowest BCUT2D eigenvalue weighted by Gasteiger charge is -2.31. The van der Waals surface area contributed by atoms with Crippen molar-refractivity contribution in [2.75, 3.05) is 29.6 Å². The number of anilines is 3. The molecule has 2 aliphatic carbocycles. The van der Waals surface area contributed by atoms with E-state index in [-0.39, 0.29) is 0 Å². The van der Waals surface area contributed by atoms with Crippen LogP contribution in [0.4, 0.5) is 17.5 Å². The minimum absolute atomic E-state index is 0.406. The second-order valence-corrected chi connectivity index (χ2v) is 9.61. The number of aromatic nitrogens is 2. The lowest BCUT2D eigenvalue weighted by atomic mass is 9.91. The van der Waals surface area contributed by atoms with E-state index in [1.54, 1.807) is 0 Å². The Hall–Kier alpha value is -2.41. The second-order valence-electron chi connectivity index (χ2n) is 9.20. The van der Waals surface area contributed by atoms with E-state index < -0.39 is 0 Å². The number of benzene rings is 1.